The molecule has 1 saturated heterocycles. The van der Waals surface area contributed by atoms with Crippen LogP contribution in [0.2, 0.25) is 0 Å². The second kappa shape index (κ2) is 6.53. The Hall–Kier alpha value is -0.610. The van der Waals surface area contributed by atoms with Gasteiger partial charge in [-0.2, -0.15) is 0 Å². The van der Waals surface area contributed by atoms with Gasteiger partial charge in [0.2, 0.25) is 5.91 Å². The number of aliphatic hydroxyl groups is 1. The van der Waals surface area contributed by atoms with Gasteiger partial charge < -0.3 is 10.0 Å². The zero-order valence-corrected chi connectivity index (χ0v) is 11.5. The normalized spacial score (nSPS) is 28.9. The van der Waals surface area contributed by atoms with Crippen molar-refractivity contribution in [3.63, 3.8) is 0 Å². The highest BCUT2D eigenvalue weighted by Crippen LogP contribution is 2.27. The number of hydrogen-bond donors (Lipinski definition) is 1. The second-order valence-electron chi connectivity index (χ2n) is 5.98. The first-order chi connectivity index (χ1) is 8.65. The molecule has 4 heteroatoms. The van der Waals surface area contributed by atoms with E-state index >= 15 is 0 Å². The minimum Gasteiger partial charge on any atom is -0.393 e. The number of aliphatic hydroxyl groups excluding tert-OH is 1. The maximum Gasteiger partial charge on any atom is 0.236 e. The first-order valence-electron chi connectivity index (χ1n) is 7.29. The summed E-state index contributed by atoms with van der Waals surface area (Å²) in [5.41, 5.74) is 0. The first kappa shape index (κ1) is 13.8. The molecule has 1 aliphatic carbocycles. The molecule has 0 radical (unpaired) electrons. The molecule has 1 N–H and O–H groups in total. The van der Waals surface area contributed by atoms with Gasteiger partial charge in [-0.25, -0.2) is 0 Å². The summed E-state index contributed by atoms with van der Waals surface area (Å²) in [6.45, 7) is 3.35. The summed E-state index contributed by atoms with van der Waals surface area (Å²) < 4.78 is 0. The number of nitrogens with zero attached hydrogens (tertiary/aromatic N) is 2. The van der Waals surface area contributed by atoms with Crippen LogP contribution in [0.1, 0.15) is 38.5 Å². The molecular weight excluding hydrogens is 228 g/mol. The summed E-state index contributed by atoms with van der Waals surface area (Å²) in [5.74, 6) is 0.862. The smallest absolute Gasteiger partial charge is 0.236 e. The van der Waals surface area contributed by atoms with Crippen molar-refractivity contribution < 1.29 is 9.90 Å². The quantitative estimate of drug-likeness (QED) is 0.817. The van der Waals surface area contributed by atoms with E-state index in [0.717, 1.165) is 45.3 Å². The van der Waals surface area contributed by atoms with E-state index in [2.05, 4.69) is 4.90 Å². The Kier molecular flexibility index (Phi) is 5.01. The van der Waals surface area contributed by atoms with Crippen LogP contribution in [-0.4, -0.2) is 60.1 Å². The van der Waals surface area contributed by atoms with Crippen molar-refractivity contribution in [1.29, 1.82) is 0 Å². The lowest BCUT2D eigenvalue weighted by atomic mass is 9.82. The molecule has 2 rings (SSSR count). The van der Waals surface area contributed by atoms with Gasteiger partial charge in [0, 0.05) is 19.6 Å². The van der Waals surface area contributed by atoms with E-state index in [-0.39, 0.29) is 12.0 Å². The van der Waals surface area contributed by atoms with Crippen LogP contribution in [0.4, 0.5) is 0 Å². The Balaban J connectivity index is 1.68. The van der Waals surface area contributed by atoms with Crippen molar-refractivity contribution in [2.24, 2.45) is 5.92 Å². The van der Waals surface area contributed by atoms with E-state index < -0.39 is 0 Å². The van der Waals surface area contributed by atoms with Crippen LogP contribution in [0.3, 0.4) is 0 Å². The molecule has 0 bridgehead atoms. The third kappa shape index (κ3) is 3.95. The van der Waals surface area contributed by atoms with Gasteiger partial charge in [0.1, 0.15) is 0 Å². The molecule has 0 aromatic carbocycles. The molecule has 18 heavy (non-hydrogen) atoms. The van der Waals surface area contributed by atoms with E-state index in [1.54, 1.807) is 0 Å². The maximum atomic E-state index is 12.1. The predicted molar refractivity (Wildman–Crippen MR) is 71.3 cm³/mol. The number of rotatable bonds is 4. The zero-order chi connectivity index (χ0) is 13.0. The number of carbonyl (C=O) groups is 1. The van der Waals surface area contributed by atoms with Gasteiger partial charge in [-0.1, -0.05) is 12.8 Å². The molecule has 2 fully saturated rings. The van der Waals surface area contributed by atoms with Gasteiger partial charge in [-0.3, -0.25) is 9.69 Å². The fourth-order valence-electron chi connectivity index (χ4n) is 3.01. The first-order valence-corrected chi connectivity index (χ1v) is 7.29. The average Bonchev–Trinajstić information content (AvgIpc) is 2.55. The van der Waals surface area contributed by atoms with Crippen molar-refractivity contribution in [1.82, 2.24) is 9.80 Å². The van der Waals surface area contributed by atoms with Gasteiger partial charge in [0.05, 0.1) is 12.6 Å². The van der Waals surface area contributed by atoms with Crippen molar-refractivity contribution in [2.45, 2.75) is 44.6 Å². The highest BCUT2D eigenvalue weighted by Gasteiger charge is 2.28. The average molecular weight is 254 g/mol. The Labute approximate surface area is 110 Å². The van der Waals surface area contributed by atoms with Crippen LogP contribution in [0.25, 0.3) is 0 Å². The summed E-state index contributed by atoms with van der Waals surface area (Å²) in [6, 6.07) is 0. The topological polar surface area (TPSA) is 43.8 Å². The highest BCUT2D eigenvalue weighted by molar-refractivity contribution is 5.78. The molecule has 0 aromatic rings. The molecule has 4 nitrogen and oxygen atoms in total. The molecule has 104 valence electrons. The van der Waals surface area contributed by atoms with Gasteiger partial charge in [-0.15, -0.1) is 0 Å². The monoisotopic (exact) mass is 254 g/mol. The molecule has 0 spiro atoms. The molecule has 2 aliphatic rings. The second-order valence-corrected chi connectivity index (χ2v) is 5.98. The maximum absolute atomic E-state index is 12.1. The Morgan fingerprint density at radius 3 is 2.39 bits per heavy atom. The molecular formula is C14H26N2O2. The van der Waals surface area contributed by atoms with E-state index in [0.29, 0.717) is 12.5 Å². The molecule has 1 aliphatic heterocycles. The van der Waals surface area contributed by atoms with Gasteiger partial charge in [0.25, 0.3) is 0 Å². The molecule has 1 heterocycles. The summed E-state index contributed by atoms with van der Waals surface area (Å²) >= 11 is 0. The van der Waals surface area contributed by atoms with Crippen LogP contribution in [0.5, 0.6) is 0 Å². The predicted octanol–water partition coefficient (Wildman–Crippen LogP) is 1.09. The van der Waals surface area contributed by atoms with Gasteiger partial charge in [-0.05, 0) is 38.6 Å². The van der Waals surface area contributed by atoms with Gasteiger partial charge in [0.15, 0.2) is 0 Å². The standard InChI is InChI=1S/C14H26N2O2/c1-15(10-12-8-13(17)9-12)11-14(18)16-6-4-2-3-5-7-16/h12-13,17H,2-11H2,1H3. The Bertz CT molecular complexity index is 269. The van der Waals surface area contributed by atoms with Crippen molar-refractivity contribution >= 4 is 5.91 Å². The zero-order valence-electron chi connectivity index (χ0n) is 11.5. The lowest BCUT2D eigenvalue weighted by Gasteiger charge is -2.34. The van der Waals surface area contributed by atoms with Gasteiger partial charge >= 0.3 is 0 Å². The van der Waals surface area contributed by atoms with Crippen molar-refractivity contribution in [2.75, 3.05) is 33.2 Å². The third-order valence-corrected chi connectivity index (χ3v) is 4.14. The number of carbonyl (C=O) groups excluding carboxylic acids is 1. The van der Waals surface area contributed by atoms with Crippen molar-refractivity contribution in [3.05, 3.63) is 0 Å². The molecule has 0 unspecified atom stereocenters. The SMILES string of the molecule is CN(CC(=O)N1CCCCCC1)CC1CC(O)C1. The number of likely N-dealkylation sites (tertiary alicyclic amines) is 1. The minimum atomic E-state index is -0.0929. The van der Waals surface area contributed by atoms with E-state index in [4.69, 9.17) is 0 Å². The summed E-state index contributed by atoms with van der Waals surface area (Å²) in [7, 11) is 2.01. The van der Waals surface area contributed by atoms with Crippen LogP contribution < -0.4 is 0 Å². The molecule has 1 saturated carbocycles. The molecule has 0 aromatic heterocycles. The lowest BCUT2D eigenvalue weighted by Crippen LogP contribution is -2.43. The Morgan fingerprint density at radius 1 is 1.22 bits per heavy atom. The van der Waals surface area contributed by atoms with Crippen molar-refractivity contribution in [3.8, 4) is 0 Å². The van der Waals surface area contributed by atoms with E-state index in [1.807, 2.05) is 11.9 Å². The van der Waals surface area contributed by atoms with E-state index in [1.165, 1.54) is 12.8 Å². The number of amides is 1. The summed E-state index contributed by atoms with van der Waals surface area (Å²) in [5, 5.41) is 9.25. The Morgan fingerprint density at radius 2 is 1.83 bits per heavy atom. The van der Waals surface area contributed by atoms with Crippen LogP contribution >= 0.6 is 0 Å². The fourth-order valence-corrected chi connectivity index (χ4v) is 3.01. The summed E-state index contributed by atoms with van der Waals surface area (Å²) in [6.07, 6.45) is 6.56. The third-order valence-electron chi connectivity index (χ3n) is 4.14. The minimum absolute atomic E-state index is 0.0929. The molecule has 1 amide bonds. The van der Waals surface area contributed by atoms with Crippen LogP contribution in [-0.2, 0) is 4.79 Å². The van der Waals surface area contributed by atoms with Crippen LogP contribution in [0, 0.1) is 5.92 Å². The number of hydrogen-bond acceptors (Lipinski definition) is 3. The fraction of sp³-hybridized carbons (Fsp3) is 0.929. The highest BCUT2D eigenvalue weighted by atomic mass is 16.3. The lowest BCUT2D eigenvalue weighted by molar-refractivity contribution is -0.132. The molecule has 0 atom stereocenters. The van der Waals surface area contributed by atoms with E-state index in [9.17, 15) is 9.90 Å². The largest absolute Gasteiger partial charge is 0.393 e. The van der Waals surface area contributed by atoms with Crippen LogP contribution in [0.15, 0.2) is 0 Å². The summed E-state index contributed by atoms with van der Waals surface area (Å²) in [4.78, 5) is 16.3. The number of likely N-dealkylation sites (N-methyl/N-ethyl adjacent to an activating group) is 1.